The van der Waals surface area contributed by atoms with E-state index >= 15 is 0 Å². The topological polar surface area (TPSA) is 54.8 Å². The molecule has 4 rings (SSSR count). The molecule has 6 heteroatoms. The fourth-order valence-electron chi connectivity index (χ4n) is 4.11. The molecule has 2 amide bonds. The van der Waals surface area contributed by atoms with Gasteiger partial charge in [-0.2, -0.15) is 0 Å². The van der Waals surface area contributed by atoms with E-state index in [1.807, 2.05) is 48.5 Å². The number of carbonyl (C=O) groups is 2. The molecule has 0 aliphatic carbocycles. The van der Waals surface area contributed by atoms with E-state index in [0.29, 0.717) is 18.7 Å². The summed E-state index contributed by atoms with van der Waals surface area (Å²) < 4.78 is 7.57. The van der Waals surface area contributed by atoms with E-state index in [2.05, 4.69) is 10.6 Å². The molecule has 0 saturated carbocycles. The summed E-state index contributed by atoms with van der Waals surface area (Å²) in [6, 6.07) is 11.7. The molecule has 3 heterocycles. The third-order valence-electron chi connectivity index (χ3n) is 5.51. The Kier molecular flexibility index (Phi) is 4.88. The summed E-state index contributed by atoms with van der Waals surface area (Å²) in [7, 11) is 2.02. The van der Waals surface area contributed by atoms with Crippen LogP contribution in [-0.2, 0) is 16.6 Å². The number of carbonyl (C=O) groups excluding carboxylic acids is 2. The molecule has 0 spiro atoms. The molecule has 27 heavy (non-hydrogen) atoms. The van der Waals surface area contributed by atoms with E-state index in [1.54, 1.807) is 4.90 Å². The van der Waals surface area contributed by atoms with Crippen molar-refractivity contribution in [1.82, 2.24) is 9.47 Å². The maximum atomic E-state index is 13.0. The first-order valence-corrected chi connectivity index (χ1v) is 9.58. The largest absolute Gasteiger partial charge is 0.482 e. The number of rotatable bonds is 4. The summed E-state index contributed by atoms with van der Waals surface area (Å²) in [6.45, 7) is 1.19. The van der Waals surface area contributed by atoms with Gasteiger partial charge in [-0.25, -0.2) is 0 Å². The van der Waals surface area contributed by atoms with Crippen LogP contribution in [-0.4, -0.2) is 41.0 Å². The number of ether oxygens (including phenoxy) is 1. The standard InChI is InChI=1S/C21H25N3O3/c1-22-12-6-9-16(22)17-7-4-5-13-23(17)20(25)11-14-24-18-8-2-3-10-19(18)27-15-21(24)26/h2-3,6,8-10,12,17H,4-5,7,11,13-15H2,1H3. The van der Waals surface area contributed by atoms with Crippen molar-refractivity contribution in [3.05, 3.63) is 48.3 Å². The molecule has 1 atom stereocenters. The minimum Gasteiger partial charge on any atom is -0.482 e. The van der Waals surface area contributed by atoms with Crippen LogP contribution in [0.1, 0.15) is 37.4 Å². The lowest BCUT2D eigenvalue weighted by molar-refractivity contribution is -0.135. The summed E-state index contributed by atoms with van der Waals surface area (Å²) in [5.41, 5.74) is 1.93. The van der Waals surface area contributed by atoms with E-state index in [1.165, 1.54) is 5.69 Å². The molecule has 2 aliphatic rings. The van der Waals surface area contributed by atoms with Gasteiger partial charge in [0.1, 0.15) is 5.75 Å². The second kappa shape index (κ2) is 7.47. The van der Waals surface area contributed by atoms with Gasteiger partial charge in [-0.05, 0) is 43.5 Å². The fourth-order valence-corrected chi connectivity index (χ4v) is 4.11. The molecule has 1 fully saturated rings. The Hall–Kier alpha value is -2.76. The third-order valence-corrected chi connectivity index (χ3v) is 5.51. The van der Waals surface area contributed by atoms with Gasteiger partial charge in [0.15, 0.2) is 6.61 Å². The van der Waals surface area contributed by atoms with Crippen molar-refractivity contribution >= 4 is 17.5 Å². The highest BCUT2D eigenvalue weighted by Gasteiger charge is 2.31. The van der Waals surface area contributed by atoms with Crippen molar-refractivity contribution in [1.29, 1.82) is 0 Å². The SMILES string of the molecule is Cn1cccc1C1CCCCN1C(=O)CCN1C(=O)COc2ccccc21. The van der Waals surface area contributed by atoms with E-state index in [4.69, 9.17) is 4.74 Å². The number of aryl methyl sites for hydroxylation is 1. The zero-order chi connectivity index (χ0) is 18.8. The van der Waals surface area contributed by atoms with Crippen LogP contribution in [0.3, 0.4) is 0 Å². The van der Waals surface area contributed by atoms with Crippen LogP contribution in [0, 0.1) is 0 Å². The van der Waals surface area contributed by atoms with Crippen molar-refractivity contribution in [3.63, 3.8) is 0 Å². The summed E-state index contributed by atoms with van der Waals surface area (Å²) in [6.07, 6.45) is 5.50. The zero-order valence-corrected chi connectivity index (χ0v) is 15.6. The van der Waals surface area contributed by atoms with Crippen LogP contribution in [0.4, 0.5) is 5.69 Å². The Bertz CT molecular complexity index is 845. The Morgan fingerprint density at radius 3 is 2.85 bits per heavy atom. The Morgan fingerprint density at radius 2 is 2.04 bits per heavy atom. The van der Waals surface area contributed by atoms with E-state index in [0.717, 1.165) is 31.5 Å². The van der Waals surface area contributed by atoms with Gasteiger partial charge in [0.25, 0.3) is 5.91 Å². The van der Waals surface area contributed by atoms with Gasteiger partial charge in [0, 0.05) is 38.4 Å². The molecule has 0 radical (unpaired) electrons. The first-order valence-electron chi connectivity index (χ1n) is 9.58. The van der Waals surface area contributed by atoms with Crippen molar-refractivity contribution in [2.24, 2.45) is 7.05 Å². The number of benzene rings is 1. The van der Waals surface area contributed by atoms with Gasteiger partial charge in [-0.15, -0.1) is 0 Å². The van der Waals surface area contributed by atoms with Gasteiger partial charge in [-0.3, -0.25) is 9.59 Å². The third kappa shape index (κ3) is 3.44. The molecular formula is C21H25N3O3. The maximum Gasteiger partial charge on any atom is 0.265 e. The van der Waals surface area contributed by atoms with Crippen LogP contribution in [0.25, 0.3) is 0 Å². The minimum absolute atomic E-state index is 0.0287. The molecule has 1 aromatic carbocycles. The van der Waals surface area contributed by atoms with Crippen molar-refractivity contribution < 1.29 is 14.3 Å². The second-order valence-electron chi connectivity index (χ2n) is 7.19. The Labute approximate surface area is 159 Å². The molecule has 0 bridgehead atoms. The van der Waals surface area contributed by atoms with E-state index in [-0.39, 0.29) is 24.5 Å². The predicted molar refractivity (Wildman–Crippen MR) is 103 cm³/mol. The van der Waals surface area contributed by atoms with Crippen LogP contribution < -0.4 is 9.64 Å². The van der Waals surface area contributed by atoms with Gasteiger partial charge in [-0.1, -0.05) is 12.1 Å². The summed E-state index contributed by atoms with van der Waals surface area (Å²) in [4.78, 5) is 29.0. The van der Waals surface area contributed by atoms with Crippen molar-refractivity contribution in [3.8, 4) is 5.75 Å². The maximum absolute atomic E-state index is 13.0. The summed E-state index contributed by atoms with van der Waals surface area (Å²) in [5.74, 6) is 0.709. The molecule has 1 saturated heterocycles. The Balaban J connectivity index is 1.47. The lowest BCUT2D eigenvalue weighted by Crippen LogP contribution is -2.43. The number of anilines is 1. The number of likely N-dealkylation sites (tertiary alicyclic amines) is 1. The van der Waals surface area contributed by atoms with Crippen LogP contribution in [0.5, 0.6) is 5.75 Å². The van der Waals surface area contributed by atoms with Crippen LogP contribution >= 0.6 is 0 Å². The van der Waals surface area contributed by atoms with E-state index < -0.39 is 0 Å². The average Bonchev–Trinajstić information content (AvgIpc) is 3.12. The average molecular weight is 367 g/mol. The number of para-hydroxylation sites is 2. The number of hydrogen-bond acceptors (Lipinski definition) is 3. The quantitative estimate of drug-likeness (QED) is 0.835. The molecule has 6 nitrogen and oxygen atoms in total. The number of aromatic nitrogens is 1. The molecule has 2 aliphatic heterocycles. The number of amides is 2. The number of nitrogens with zero attached hydrogens (tertiary/aromatic N) is 3. The van der Waals surface area contributed by atoms with Crippen LogP contribution in [0.2, 0.25) is 0 Å². The predicted octanol–water partition coefficient (Wildman–Crippen LogP) is 2.89. The molecule has 1 unspecified atom stereocenters. The fraction of sp³-hybridized carbons (Fsp3) is 0.429. The highest BCUT2D eigenvalue weighted by Crippen LogP contribution is 2.33. The second-order valence-corrected chi connectivity index (χ2v) is 7.19. The van der Waals surface area contributed by atoms with Crippen molar-refractivity contribution in [2.75, 3.05) is 24.6 Å². The lowest BCUT2D eigenvalue weighted by Gasteiger charge is -2.37. The first kappa shape index (κ1) is 17.6. The normalized spacial score (nSPS) is 19.6. The van der Waals surface area contributed by atoms with Gasteiger partial charge in [0.2, 0.25) is 5.91 Å². The molecular weight excluding hydrogens is 342 g/mol. The zero-order valence-electron chi connectivity index (χ0n) is 15.6. The number of hydrogen-bond donors (Lipinski definition) is 0. The molecule has 1 aromatic heterocycles. The minimum atomic E-state index is -0.0980. The highest BCUT2D eigenvalue weighted by molar-refractivity contribution is 5.98. The summed E-state index contributed by atoms with van der Waals surface area (Å²) in [5, 5.41) is 0. The van der Waals surface area contributed by atoms with Crippen molar-refractivity contribution in [2.45, 2.75) is 31.7 Å². The van der Waals surface area contributed by atoms with Gasteiger partial charge < -0.3 is 19.1 Å². The number of piperidine rings is 1. The first-order chi connectivity index (χ1) is 13.1. The molecule has 142 valence electrons. The van der Waals surface area contributed by atoms with Gasteiger partial charge in [0.05, 0.1) is 11.7 Å². The molecule has 0 N–H and O–H groups in total. The molecule has 2 aromatic rings. The highest BCUT2D eigenvalue weighted by atomic mass is 16.5. The lowest BCUT2D eigenvalue weighted by atomic mass is 9.98. The monoisotopic (exact) mass is 367 g/mol. The number of fused-ring (bicyclic) bond motifs is 1. The Morgan fingerprint density at radius 1 is 1.19 bits per heavy atom. The van der Waals surface area contributed by atoms with Crippen LogP contribution in [0.15, 0.2) is 42.6 Å². The van der Waals surface area contributed by atoms with E-state index in [9.17, 15) is 9.59 Å². The van der Waals surface area contributed by atoms with Gasteiger partial charge >= 0.3 is 0 Å². The smallest absolute Gasteiger partial charge is 0.265 e. The summed E-state index contributed by atoms with van der Waals surface area (Å²) >= 11 is 0.